The van der Waals surface area contributed by atoms with Crippen LogP contribution in [0.2, 0.25) is 0 Å². The normalized spacial score (nSPS) is 13.8. The van der Waals surface area contributed by atoms with Crippen LogP contribution in [0.15, 0.2) is 53.5 Å². The molecule has 3 aromatic rings. The topological polar surface area (TPSA) is 93.3 Å². The van der Waals surface area contributed by atoms with Crippen molar-refractivity contribution in [3.8, 4) is 34.1 Å². The standard InChI is InChI=1S/C22H19NO4/c1-11(2)12-3-5-13(6-4-12)23-21-16-10-19(26)18(25)9-15(16)14-7-8-17(24)22(27)20(14)21/h3-11,24-27H,1-2H3. The predicted octanol–water partition coefficient (Wildman–Crippen LogP) is 4.78. The van der Waals surface area contributed by atoms with Crippen molar-refractivity contribution in [2.45, 2.75) is 19.8 Å². The van der Waals surface area contributed by atoms with Gasteiger partial charge in [-0.15, -0.1) is 0 Å². The van der Waals surface area contributed by atoms with Crippen LogP contribution in [0, 0.1) is 0 Å². The molecule has 0 fully saturated rings. The molecule has 0 amide bonds. The van der Waals surface area contributed by atoms with E-state index in [4.69, 9.17) is 0 Å². The first-order chi connectivity index (χ1) is 12.9. The van der Waals surface area contributed by atoms with Gasteiger partial charge >= 0.3 is 0 Å². The van der Waals surface area contributed by atoms with Gasteiger partial charge in [0.25, 0.3) is 0 Å². The van der Waals surface area contributed by atoms with Gasteiger partial charge in [-0.2, -0.15) is 0 Å². The number of aromatic hydroxyl groups is 4. The summed E-state index contributed by atoms with van der Waals surface area (Å²) in [7, 11) is 0. The van der Waals surface area contributed by atoms with Crippen LogP contribution in [0.5, 0.6) is 23.0 Å². The number of phenols is 4. The number of hydrogen-bond donors (Lipinski definition) is 4. The molecule has 136 valence electrons. The summed E-state index contributed by atoms with van der Waals surface area (Å²) in [5.74, 6) is -0.651. The number of rotatable bonds is 2. The molecule has 5 heteroatoms. The van der Waals surface area contributed by atoms with Crippen molar-refractivity contribution in [2.75, 3.05) is 0 Å². The molecule has 0 bridgehead atoms. The van der Waals surface area contributed by atoms with Crippen LogP contribution in [0.1, 0.15) is 36.5 Å². The van der Waals surface area contributed by atoms with Crippen molar-refractivity contribution in [2.24, 2.45) is 4.99 Å². The van der Waals surface area contributed by atoms with Crippen LogP contribution in [-0.2, 0) is 0 Å². The van der Waals surface area contributed by atoms with E-state index in [1.807, 2.05) is 24.3 Å². The highest BCUT2D eigenvalue weighted by Gasteiger charge is 2.30. The van der Waals surface area contributed by atoms with Crippen LogP contribution >= 0.6 is 0 Å². The first-order valence-electron chi connectivity index (χ1n) is 8.67. The Balaban J connectivity index is 1.95. The van der Waals surface area contributed by atoms with E-state index in [0.29, 0.717) is 39.6 Å². The van der Waals surface area contributed by atoms with Gasteiger partial charge in [0, 0.05) is 5.56 Å². The van der Waals surface area contributed by atoms with Gasteiger partial charge in [0.1, 0.15) is 0 Å². The number of nitrogens with zero attached hydrogens (tertiary/aromatic N) is 1. The maximum absolute atomic E-state index is 10.4. The minimum absolute atomic E-state index is 0.252. The molecule has 0 radical (unpaired) electrons. The van der Waals surface area contributed by atoms with Gasteiger partial charge in [-0.3, -0.25) is 0 Å². The van der Waals surface area contributed by atoms with Gasteiger partial charge in [-0.1, -0.05) is 26.0 Å². The number of benzene rings is 3. The molecular formula is C22H19NO4. The molecule has 27 heavy (non-hydrogen) atoms. The van der Waals surface area contributed by atoms with Crippen molar-refractivity contribution in [3.05, 3.63) is 65.2 Å². The van der Waals surface area contributed by atoms with E-state index in [1.54, 1.807) is 6.07 Å². The molecule has 0 saturated carbocycles. The number of phenolic OH excluding ortho intramolecular Hbond substituents is 4. The van der Waals surface area contributed by atoms with Crippen molar-refractivity contribution < 1.29 is 20.4 Å². The summed E-state index contributed by atoms with van der Waals surface area (Å²) in [6, 6.07) is 13.7. The lowest BCUT2D eigenvalue weighted by molar-refractivity contribution is 0.403. The highest BCUT2D eigenvalue weighted by molar-refractivity contribution is 6.27. The zero-order valence-electron chi connectivity index (χ0n) is 14.9. The van der Waals surface area contributed by atoms with E-state index >= 15 is 0 Å². The zero-order chi connectivity index (χ0) is 19.3. The molecular weight excluding hydrogens is 342 g/mol. The van der Waals surface area contributed by atoms with E-state index in [-0.39, 0.29) is 23.0 Å². The highest BCUT2D eigenvalue weighted by atomic mass is 16.3. The molecule has 4 N–H and O–H groups in total. The maximum atomic E-state index is 10.4. The molecule has 3 aromatic carbocycles. The number of aliphatic imine (C=N–C) groups is 1. The number of hydrogen-bond acceptors (Lipinski definition) is 5. The Labute approximate surface area is 156 Å². The average molecular weight is 361 g/mol. The number of fused-ring (bicyclic) bond motifs is 3. The van der Waals surface area contributed by atoms with E-state index in [2.05, 4.69) is 18.8 Å². The first-order valence-corrected chi connectivity index (χ1v) is 8.67. The molecule has 5 nitrogen and oxygen atoms in total. The largest absolute Gasteiger partial charge is 0.504 e. The lowest BCUT2D eigenvalue weighted by atomic mass is 10.0. The van der Waals surface area contributed by atoms with Crippen molar-refractivity contribution in [3.63, 3.8) is 0 Å². The summed E-state index contributed by atoms with van der Waals surface area (Å²) in [5, 5.41) is 40.2. The molecule has 0 atom stereocenters. The molecule has 0 saturated heterocycles. The minimum atomic E-state index is -0.278. The molecule has 1 aliphatic rings. The fraction of sp³-hybridized carbons (Fsp3) is 0.136. The monoisotopic (exact) mass is 361 g/mol. The second-order valence-electron chi connectivity index (χ2n) is 6.95. The fourth-order valence-corrected chi connectivity index (χ4v) is 3.35. The third-order valence-electron chi connectivity index (χ3n) is 4.85. The van der Waals surface area contributed by atoms with Crippen molar-refractivity contribution in [1.29, 1.82) is 0 Å². The summed E-state index contributed by atoms with van der Waals surface area (Å²) in [6.45, 7) is 4.22. The molecule has 0 unspecified atom stereocenters. The smallest absolute Gasteiger partial charge is 0.167 e. The van der Waals surface area contributed by atoms with Crippen LogP contribution in [0.25, 0.3) is 11.1 Å². The Morgan fingerprint density at radius 1 is 0.704 bits per heavy atom. The summed E-state index contributed by atoms with van der Waals surface area (Å²) >= 11 is 0. The molecule has 0 aromatic heterocycles. The Kier molecular flexibility index (Phi) is 3.81. The summed E-state index contributed by atoms with van der Waals surface area (Å²) < 4.78 is 0. The second kappa shape index (κ2) is 6.06. The summed E-state index contributed by atoms with van der Waals surface area (Å²) in [5.41, 5.74) is 4.53. The molecule has 0 spiro atoms. The maximum Gasteiger partial charge on any atom is 0.167 e. The molecule has 0 heterocycles. The molecule has 0 aliphatic heterocycles. The lowest BCUT2D eigenvalue weighted by Gasteiger charge is -2.08. The molecule has 1 aliphatic carbocycles. The Hall–Kier alpha value is -3.47. The van der Waals surface area contributed by atoms with Gasteiger partial charge < -0.3 is 20.4 Å². The summed E-state index contributed by atoms with van der Waals surface area (Å²) in [4.78, 5) is 4.67. The van der Waals surface area contributed by atoms with Crippen LogP contribution < -0.4 is 0 Å². The van der Waals surface area contributed by atoms with Gasteiger partial charge in [-0.05, 0) is 59.0 Å². The predicted molar refractivity (Wildman–Crippen MR) is 104 cm³/mol. The third kappa shape index (κ3) is 2.68. The van der Waals surface area contributed by atoms with Crippen molar-refractivity contribution >= 4 is 11.4 Å². The first kappa shape index (κ1) is 17.0. The van der Waals surface area contributed by atoms with Crippen LogP contribution in [-0.4, -0.2) is 26.1 Å². The third-order valence-corrected chi connectivity index (χ3v) is 4.85. The molecule has 4 rings (SSSR count). The van der Waals surface area contributed by atoms with E-state index < -0.39 is 0 Å². The summed E-state index contributed by atoms with van der Waals surface area (Å²) in [6.07, 6.45) is 0. The zero-order valence-corrected chi connectivity index (χ0v) is 14.9. The van der Waals surface area contributed by atoms with Gasteiger partial charge in [-0.25, -0.2) is 4.99 Å². The highest BCUT2D eigenvalue weighted by Crippen LogP contribution is 2.48. The van der Waals surface area contributed by atoms with E-state index in [9.17, 15) is 20.4 Å². The average Bonchev–Trinajstić information content (AvgIpc) is 2.92. The fourth-order valence-electron chi connectivity index (χ4n) is 3.35. The van der Waals surface area contributed by atoms with E-state index in [1.165, 1.54) is 23.8 Å². The minimum Gasteiger partial charge on any atom is -0.504 e. The van der Waals surface area contributed by atoms with Crippen LogP contribution in [0.3, 0.4) is 0 Å². The van der Waals surface area contributed by atoms with Crippen molar-refractivity contribution in [1.82, 2.24) is 0 Å². The Morgan fingerprint density at radius 3 is 1.96 bits per heavy atom. The van der Waals surface area contributed by atoms with Gasteiger partial charge in [0.2, 0.25) is 0 Å². The van der Waals surface area contributed by atoms with E-state index in [0.717, 1.165) is 0 Å². The van der Waals surface area contributed by atoms with Gasteiger partial charge in [0.05, 0.1) is 17.0 Å². The second-order valence-corrected chi connectivity index (χ2v) is 6.95. The Morgan fingerprint density at radius 2 is 1.33 bits per heavy atom. The lowest BCUT2D eigenvalue weighted by Crippen LogP contribution is -1.98. The van der Waals surface area contributed by atoms with Gasteiger partial charge in [0.15, 0.2) is 23.0 Å². The van der Waals surface area contributed by atoms with Crippen LogP contribution in [0.4, 0.5) is 5.69 Å². The SMILES string of the molecule is CC(C)c1ccc(N=C2c3cc(O)c(O)cc3-c3ccc(O)c(O)c32)cc1. The quantitative estimate of drug-likeness (QED) is 0.387. The Bertz CT molecular complexity index is 1080.